The summed E-state index contributed by atoms with van der Waals surface area (Å²) in [7, 11) is 1.98. The molecule has 5 rings (SSSR count). The lowest BCUT2D eigenvalue weighted by Crippen LogP contribution is -2.50. The fraction of sp³-hybridized carbons (Fsp3) is 0.222. The lowest BCUT2D eigenvalue weighted by Gasteiger charge is -2.39. The van der Waals surface area contributed by atoms with Gasteiger partial charge in [-0.3, -0.25) is 9.69 Å². The van der Waals surface area contributed by atoms with E-state index in [1.54, 1.807) is 0 Å². The zero-order chi connectivity index (χ0) is 21.2. The Kier molecular flexibility index (Phi) is 5.31. The Morgan fingerprint density at radius 3 is 1.87 bits per heavy atom. The maximum absolute atomic E-state index is 13.3. The molecule has 1 amide bonds. The molecule has 1 aliphatic heterocycles. The Labute approximate surface area is 183 Å². The number of piperazine rings is 1. The summed E-state index contributed by atoms with van der Waals surface area (Å²) in [5.74, 6) is 0.120. The van der Waals surface area contributed by atoms with E-state index in [9.17, 15) is 4.79 Å². The van der Waals surface area contributed by atoms with Crippen LogP contribution in [0.15, 0.2) is 91.0 Å². The van der Waals surface area contributed by atoms with Crippen molar-refractivity contribution in [3.8, 4) is 0 Å². The van der Waals surface area contributed by atoms with Gasteiger partial charge in [0.25, 0.3) is 5.91 Å². The molecular formula is C27H27N3O. The van der Waals surface area contributed by atoms with Gasteiger partial charge in [-0.2, -0.15) is 0 Å². The molecule has 1 saturated heterocycles. The zero-order valence-corrected chi connectivity index (χ0v) is 17.8. The SMILES string of the molecule is Cn1c(C(=O)N2CCN(C(c3ccccc3)c3ccccc3)CC2)cc2ccccc21. The molecule has 0 aliphatic carbocycles. The van der Waals surface area contributed by atoms with Gasteiger partial charge in [-0.15, -0.1) is 0 Å². The van der Waals surface area contributed by atoms with Crippen LogP contribution in [-0.4, -0.2) is 46.5 Å². The van der Waals surface area contributed by atoms with Crippen molar-refractivity contribution < 1.29 is 4.79 Å². The fourth-order valence-corrected chi connectivity index (χ4v) is 4.72. The zero-order valence-electron chi connectivity index (χ0n) is 17.8. The first kappa shape index (κ1) is 19.6. The van der Waals surface area contributed by atoms with Gasteiger partial charge in [0, 0.05) is 44.1 Å². The number of carbonyl (C=O) groups is 1. The van der Waals surface area contributed by atoms with Gasteiger partial charge < -0.3 is 9.47 Å². The molecule has 2 heterocycles. The number of fused-ring (bicyclic) bond motifs is 1. The Balaban J connectivity index is 1.36. The average Bonchev–Trinajstić information content (AvgIpc) is 3.17. The minimum atomic E-state index is 0.120. The summed E-state index contributed by atoms with van der Waals surface area (Å²) in [5, 5.41) is 1.11. The van der Waals surface area contributed by atoms with Crippen molar-refractivity contribution in [3.63, 3.8) is 0 Å². The van der Waals surface area contributed by atoms with E-state index in [0.29, 0.717) is 0 Å². The van der Waals surface area contributed by atoms with Crippen LogP contribution in [0.3, 0.4) is 0 Å². The molecule has 4 heteroatoms. The van der Waals surface area contributed by atoms with E-state index in [-0.39, 0.29) is 11.9 Å². The number of hydrogen-bond donors (Lipinski definition) is 0. The summed E-state index contributed by atoms with van der Waals surface area (Å²) in [5.41, 5.74) is 4.44. The van der Waals surface area contributed by atoms with Crippen molar-refractivity contribution in [2.24, 2.45) is 7.05 Å². The monoisotopic (exact) mass is 409 g/mol. The van der Waals surface area contributed by atoms with Gasteiger partial charge in [0.1, 0.15) is 5.69 Å². The highest BCUT2D eigenvalue weighted by atomic mass is 16.2. The normalized spacial score (nSPS) is 15.0. The second-order valence-corrected chi connectivity index (χ2v) is 8.20. The maximum atomic E-state index is 13.3. The molecule has 0 saturated carbocycles. The predicted octanol–water partition coefficient (Wildman–Crippen LogP) is 4.73. The molecular weight excluding hydrogens is 382 g/mol. The van der Waals surface area contributed by atoms with Crippen LogP contribution in [0.25, 0.3) is 10.9 Å². The molecule has 1 aromatic heterocycles. The van der Waals surface area contributed by atoms with E-state index in [0.717, 1.165) is 42.8 Å². The summed E-state index contributed by atoms with van der Waals surface area (Å²) in [4.78, 5) is 17.8. The molecule has 0 atom stereocenters. The minimum absolute atomic E-state index is 0.120. The molecule has 0 spiro atoms. The molecule has 1 aliphatic rings. The number of para-hydroxylation sites is 1. The van der Waals surface area contributed by atoms with E-state index in [1.165, 1.54) is 11.1 Å². The highest BCUT2D eigenvalue weighted by molar-refractivity contribution is 5.98. The van der Waals surface area contributed by atoms with Crippen LogP contribution in [0.2, 0.25) is 0 Å². The van der Waals surface area contributed by atoms with E-state index in [2.05, 4.69) is 77.7 Å². The number of benzene rings is 3. The average molecular weight is 410 g/mol. The summed E-state index contributed by atoms with van der Waals surface area (Å²) in [6.45, 7) is 3.17. The second kappa shape index (κ2) is 8.40. The summed E-state index contributed by atoms with van der Waals surface area (Å²) in [6.07, 6.45) is 0. The first-order valence-electron chi connectivity index (χ1n) is 10.9. The van der Waals surface area contributed by atoms with Gasteiger partial charge >= 0.3 is 0 Å². The van der Waals surface area contributed by atoms with Gasteiger partial charge in [0.15, 0.2) is 0 Å². The van der Waals surface area contributed by atoms with Crippen molar-refractivity contribution >= 4 is 16.8 Å². The van der Waals surface area contributed by atoms with Gasteiger partial charge in [0.2, 0.25) is 0 Å². The number of amides is 1. The quantitative estimate of drug-likeness (QED) is 0.488. The highest BCUT2D eigenvalue weighted by Crippen LogP contribution is 2.30. The van der Waals surface area contributed by atoms with Crippen molar-refractivity contribution in [2.75, 3.05) is 26.2 Å². The molecule has 3 aromatic carbocycles. The Morgan fingerprint density at radius 1 is 0.742 bits per heavy atom. The van der Waals surface area contributed by atoms with Crippen molar-refractivity contribution in [1.82, 2.24) is 14.4 Å². The van der Waals surface area contributed by atoms with Crippen LogP contribution < -0.4 is 0 Å². The van der Waals surface area contributed by atoms with Crippen LogP contribution in [0, 0.1) is 0 Å². The molecule has 0 N–H and O–H groups in total. The van der Waals surface area contributed by atoms with Crippen LogP contribution in [0.5, 0.6) is 0 Å². The smallest absolute Gasteiger partial charge is 0.270 e. The van der Waals surface area contributed by atoms with Crippen LogP contribution >= 0.6 is 0 Å². The van der Waals surface area contributed by atoms with Gasteiger partial charge in [0.05, 0.1) is 6.04 Å². The number of aryl methyl sites for hydroxylation is 1. The summed E-state index contributed by atoms with van der Waals surface area (Å²) < 4.78 is 2.01. The second-order valence-electron chi connectivity index (χ2n) is 8.20. The molecule has 31 heavy (non-hydrogen) atoms. The Morgan fingerprint density at radius 2 is 1.29 bits per heavy atom. The molecule has 0 bridgehead atoms. The van der Waals surface area contributed by atoms with E-state index >= 15 is 0 Å². The summed E-state index contributed by atoms with van der Waals surface area (Å²) in [6, 6.07) is 31.7. The minimum Gasteiger partial charge on any atom is -0.340 e. The molecule has 0 radical (unpaired) electrons. The third kappa shape index (κ3) is 3.75. The fourth-order valence-electron chi connectivity index (χ4n) is 4.72. The number of carbonyl (C=O) groups excluding carboxylic acids is 1. The van der Waals surface area contributed by atoms with E-state index < -0.39 is 0 Å². The molecule has 4 nitrogen and oxygen atoms in total. The van der Waals surface area contributed by atoms with Crippen LogP contribution in [0.1, 0.15) is 27.7 Å². The number of nitrogens with zero attached hydrogens (tertiary/aromatic N) is 3. The first-order valence-corrected chi connectivity index (χ1v) is 10.9. The van der Waals surface area contributed by atoms with Crippen LogP contribution in [-0.2, 0) is 7.05 Å². The molecule has 0 unspecified atom stereocenters. The Hall–Kier alpha value is -3.37. The van der Waals surface area contributed by atoms with Crippen molar-refractivity contribution in [1.29, 1.82) is 0 Å². The van der Waals surface area contributed by atoms with Gasteiger partial charge in [-0.1, -0.05) is 78.9 Å². The number of rotatable bonds is 4. The standard InChI is InChI=1S/C27H27N3O/c1-28-24-15-9-8-14-23(24)20-25(28)27(31)30-18-16-29(17-19-30)26(21-10-4-2-5-11-21)22-12-6-3-7-13-22/h2-15,20,26H,16-19H2,1H3. The van der Waals surface area contributed by atoms with E-state index in [4.69, 9.17) is 0 Å². The van der Waals surface area contributed by atoms with Gasteiger partial charge in [-0.05, 0) is 23.3 Å². The summed E-state index contributed by atoms with van der Waals surface area (Å²) >= 11 is 0. The van der Waals surface area contributed by atoms with Gasteiger partial charge in [-0.25, -0.2) is 0 Å². The molecule has 1 fully saturated rings. The third-order valence-corrected chi connectivity index (χ3v) is 6.37. The lowest BCUT2D eigenvalue weighted by molar-refractivity contribution is 0.0589. The number of hydrogen-bond acceptors (Lipinski definition) is 2. The number of aromatic nitrogens is 1. The van der Waals surface area contributed by atoms with Crippen molar-refractivity contribution in [3.05, 3.63) is 108 Å². The predicted molar refractivity (Wildman–Crippen MR) is 125 cm³/mol. The topological polar surface area (TPSA) is 28.5 Å². The Bertz CT molecular complexity index is 1140. The largest absolute Gasteiger partial charge is 0.340 e. The first-order chi connectivity index (χ1) is 15.2. The maximum Gasteiger partial charge on any atom is 0.270 e. The van der Waals surface area contributed by atoms with Crippen molar-refractivity contribution in [2.45, 2.75) is 6.04 Å². The molecule has 4 aromatic rings. The molecule has 156 valence electrons. The highest BCUT2D eigenvalue weighted by Gasteiger charge is 2.29. The van der Waals surface area contributed by atoms with E-state index in [1.807, 2.05) is 34.7 Å². The lowest BCUT2D eigenvalue weighted by atomic mass is 9.96. The third-order valence-electron chi connectivity index (χ3n) is 6.37. The van der Waals surface area contributed by atoms with Crippen LogP contribution in [0.4, 0.5) is 0 Å².